The second-order valence-electron chi connectivity index (χ2n) is 8.28. The molecule has 0 aliphatic carbocycles. The lowest BCUT2D eigenvalue weighted by Gasteiger charge is -2.43. The summed E-state index contributed by atoms with van der Waals surface area (Å²) in [5.74, 6) is -0.0444. The molecule has 0 radical (unpaired) electrons. The molecule has 0 aromatic heterocycles. The summed E-state index contributed by atoms with van der Waals surface area (Å²) in [6.07, 6.45) is 0.806. The number of nitrogens with two attached hydrogens (primary N) is 1. The normalized spacial score (nSPS) is 17.2. The molecule has 0 bridgehead atoms. The molecular weight excluding hydrogens is 331 g/mol. The van der Waals surface area contributed by atoms with Gasteiger partial charge in [-0.2, -0.15) is 0 Å². The van der Waals surface area contributed by atoms with Gasteiger partial charge in [-0.3, -0.25) is 4.79 Å². The number of benzene rings is 2. The number of fused-ring (bicyclic) bond motifs is 1. The Morgan fingerprint density at radius 3 is 2.54 bits per heavy atom. The second-order valence-corrected chi connectivity index (χ2v) is 8.28. The highest BCUT2D eigenvalue weighted by Crippen LogP contribution is 2.47. The van der Waals surface area contributed by atoms with E-state index in [9.17, 15) is 9.18 Å². The van der Waals surface area contributed by atoms with E-state index >= 15 is 0 Å². The first kappa shape index (κ1) is 18.2. The molecule has 4 nitrogen and oxygen atoms in total. The minimum Gasteiger partial charge on any atom is -0.485 e. The van der Waals surface area contributed by atoms with Gasteiger partial charge < -0.3 is 15.8 Å². The van der Waals surface area contributed by atoms with Crippen molar-refractivity contribution in [3.8, 4) is 5.75 Å². The lowest BCUT2D eigenvalue weighted by Crippen LogP contribution is -2.41. The number of hydrogen-bond donors (Lipinski definition) is 2. The second kappa shape index (κ2) is 6.01. The number of carbonyl (C=O) groups excluding carboxylic acids is 1. The fourth-order valence-electron chi connectivity index (χ4n) is 3.74. The Bertz CT molecular complexity index is 888. The third-order valence-electron chi connectivity index (χ3n) is 4.78. The summed E-state index contributed by atoms with van der Waals surface area (Å²) in [7, 11) is 0. The minimum absolute atomic E-state index is 0.183. The number of nitrogens with one attached hydrogen (secondary N) is 1. The zero-order valence-electron chi connectivity index (χ0n) is 15.9. The average Bonchev–Trinajstić information content (AvgIpc) is 2.50. The number of hydrogen-bond acceptors (Lipinski definition) is 3. The smallest absolute Gasteiger partial charge is 0.255 e. The SMILES string of the molecule is Cc1ccc(NC(=O)c2cc(N)c3c(c2)C(C)(C)CC(C)(C)O3)cc1F. The largest absolute Gasteiger partial charge is 0.485 e. The third-order valence-corrected chi connectivity index (χ3v) is 4.78. The van der Waals surface area contributed by atoms with Crippen molar-refractivity contribution in [3.63, 3.8) is 0 Å². The van der Waals surface area contributed by atoms with Crippen LogP contribution in [0.1, 0.15) is 55.6 Å². The highest BCUT2D eigenvalue weighted by atomic mass is 19.1. The molecule has 3 rings (SSSR count). The first-order chi connectivity index (χ1) is 12.0. The number of carbonyl (C=O) groups is 1. The van der Waals surface area contributed by atoms with Gasteiger partial charge in [-0.05, 0) is 62.4 Å². The van der Waals surface area contributed by atoms with E-state index in [0.29, 0.717) is 28.3 Å². The zero-order chi connectivity index (χ0) is 19.3. The van der Waals surface area contributed by atoms with Crippen LogP contribution in [-0.2, 0) is 5.41 Å². The van der Waals surface area contributed by atoms with Crippen molar-refractivity contribution >= 4 is 17.3 Å². The van der Waals surface area contributed by atoms with Crippen molar-refractivity contribution in [2.75, 3.05) is 11.1 Å². The van der Waals surface area contributed by atoms with Crippen LogP contribution in [0.25, 0.3) is 0 Å². The van der Waals surface area contributed by atoms with Gasteiger partial charge in [0.15, 0.2) is 0 Å². The molecule has 0 saturated heterocycles. The lowest BCUT2D eigenvalue weighted by atomic mass is 9.73. The fraction of sp³-hybridized carbons (Fsp3) is 0.381. The maximum absolute atomic E-state index is 13.7. The first-order valence-corrected chi connectivity index (χ1v) is 8.69. The van der Waals surface area contributed by atoms with Crippen LogP contribution < -0.4 is 15.8 Å². The minimum atomic E-state index is -0.357. The monoisotopic (exact) mass is 356 g/mol. The van der Waals surface area contributed by atoms with Gasteiger partial charge >= 0.3 is 0 Å². The van der Waals surface area contributed by atoms with E-state index in [1.54, 1.807) is 25.1 Å². The van der Waals surface area contributed by atoms with Crippen molar-refractivity contribution in [2.24, 2.45) is 0 Å². The quantitative estimate of drug-likeness (QED) is 0.759. The van der Waals surface area contributed by atoms with Crippen molar-refractivity contribution in [2.45, 2.75) is 52.1 Å². The summed E-state index contributed by atoms with van der Waals surface area (Å²) in [6.45, 7) is 9.97. The van der Waals surface area contributed by atoms with Gasteiger partial charge in [0.25, 0.3) is 5.91 Å². The van der Waals surface area contributed by atoms with E-state index in [-0.39, 0.29) is 22.7 Å². The Morgan fingerprint density at radius 1 is 1.19 bits per heavy atom. The summed E-state index contributed by atoms with van der Waals surface area (Å²) < 4.78 is 19.8. The summed E-state index contributed by atoms with van der Waals surface area (Å²) in [4.78, 5) is 12.7. The molecule has 26 heavy (non-hydrogen) atoms. The summed E-state index contributed by atoms with van der Waals surface area (Å²) in [5.41, 5.74) is 8.40. The fourth-order valence-corrected chi connectivity index (χ4v) is 3.74. The van der Waals surface area contributed by atoms with Crippen molar-refractivity contribution < 1.29 is 13.9 Å². The van der Waals surface area contributed by atoms with Crippen LogP contribution in [-0.4, -0.2) is 11.5 Å². The van der Waals surface area contributed by atoms with Crippen molar-refractivity contribution in [1.29, 1.82) is 0 Å². The summed E-state index contributed by atoms with van der Waals surface area (Å²) in [5, 5.41) is 2.73. The maximum Gasteiger partial charge on any atom is 0.255 e. The zero-order valence-corrected chi connectivity index (χ0v) is 15.9. The number of halogens is 1. The average molecular weight is 356 g/mol. The number of rotatable bonds is 2. The molecule has 0 unspecified atom stereocenters. The summed E-state index contributed by atoms with van der Waals surface area (Å²) in [6, 6.07) is 8.04. The van der Waals surface area contributed by atoms with Crippen LogP contribution in [0, 0.1) is 12.7 Å². The predicted octanol–water partition coefficient (Wildman–Crippen LogP) is 4.81. The molecule has 0 saturated carbocycles. The number of aryl methyl sites for hydroxylation is 1. The highest BCUT2D eigenvalue weighted by molar-refractivity contribution is 6.05. The number of ether oxygens (including phenoxy) is 1. The van der Waals surface area contributed by atoms with Gasteiger partial charge in [-0.15, -0.1) is 0 Å². The molecule has 1 aliphatic rings. The number of anilines is 2. The van der Waals surface area contributed by atoms with Gasteiger partial charge in [0.05, 0.1) is 5.69 Å². The molecule has 2 aromatic carbocycles. The maximum atomic E-state index is 13.7. The van der Waals surface area contributed by atoms with Crippen LogP contribution in [0.2, 0.25) is 0 Å². The Hall–Kier alpha value is -2.56. The molecule has 3 N–H and O–H groups in total. The van der Waals surface area contributed by atoms with Crippen LogP contribution >= 0.6 is 0 Å². The predicted molar refractivity (Wildman–Crippen MR) is 102 cm³/mol. The molecule has 1 aliphatic heterocycles. The molecule has 1 heterocycles. The Labute approximate surface area is 153 Å². The molecule has 0 atom stereocenters. The molecule has 5 heteroatoms. The van der Waals surface area contributed by atoms with E-state index in [1.807, 2.05) is 19.9 Å². The molecular formula is C21H25FN2O2. The van der Waals surface area contributed by atoms with Crippen LogP contribution in [0.15, 0.2) is 30.3 Å². The third kappa shape index (κ3) is 3.39. The van der Waals surface area contributed by atoms with Gasteiger partial charge in [0.2, 0.25) is 0 Å². The number of nitrogen functional groups attached to an aromatic ring is 1. The van der Waals surface area contributed by atoms with Crippen LogP contribution in [0.3, 0.4) is 0 Å². The van der Waals surface area contributed by atoms with Crippen molar-refractivity contribution in [3.05, 3.63) is 52.8 Å². The topological polar surface area (TPSA) is 64.4 Å². The molecule has 0 fully saturated rings. The number of amides is 1. The Morgan fingerprint density at radius 2 is 1.88 bits per heavy atom. The van der Waals surface area contributed by atoms with Gasteiger partial charge in [0.1, 0.15) is 17.2 Å². The summed E-state index contributed by atoms with van der Waals surface area (Å²) >= 11 is 0. The van der Waals surface area contributed by atoms with Crippen molar-refractivity contribution in [1.82, 2.24) is 0 Å². The molecule has 0 spiro atoms. The van der Waals surface area contributed by atoms with E-state index < -0.39 is 0 Å². The Kier molecular flexibility index (Phi) is 4.21. The molecule has 2 aromatic rings. The molecule has 138 valence electrons. The Balaban J connectivity index is 1.96. The van der Waals surface area contributed by atoms with Crippen LogP contribution in [0.4, 0.5) is 15.8 Å². The van der Waals surface area contributed by atoms with E-state index in [2.05, 4.69) is 19.2 Å². The van der Waals surface area contributed by atoms with E-state index in [4.69, 9.17) is 10.5 Å². The van der Waals surface area contributed by atoms with Gasteiger partial charge in [-0.25, -0.2) is 4.39 Å². The lowest BCUT2D eigenvalue weighted by molar-refractivity contribution is 0.0543. The first-order valence-electron chi connectivity index (χ1n) is 8.69. The van der Waals surface area contributed by atoms with Gasteiger partial charge in [0, 0.05) is 16.8 Å². The van der Waals surface area contributed by atoms with E-state index in [1.165, 1.54) is 6.07 Å². The molecule has 1 amide bonds. The van der Waals surface area contributed by atoms with Gasteiger partial charge in [-0.1, -0.05) is 19.9 Å². The standard InChI is InChI=1S/C21H25FN2O2/c1-12-6-7-14(10-16(12)22)24-19(25)13-8-15-18(17(23)9-13)26-21(4,5)11-20(15,2)3/h6-10H,11,23H2,1-5H3,(H,24,25). The highest BCUT2D eigenvalue weighted by Gasteiger charge is 2.40. The van der Waals surface area contributed by atoms with Crippen LogP contribution in [0.5, 0.6) is 5.75 Å². The van der Waals surface area contributed by atoms with E-state index in [0.717, 1.165) is 12.0 Å².